The van der Waals surface area contributed by atoms with Crippen LogP contribution < -0.4 is 5.73 Å². The van der Waals surface area contributed by atoms with Crippen molar-refractivity contribution in [3.05, 3.63) is 0 Å². The van der Waals surface area contributed by atoms with Gasteiger partial charge in [-0.1, -0.05) is 6.42 Å². The van der Waals surface area contributed by atoms with Crippen molar-refractivity contribution in [1.82, 2.24) is 4.90 Å². The maximum atomic E-state index is 5.70. The van der Waals surface area contributed by atoms with Gasteiger partial charge in [-0.05, 0) is 33.2 Å². The molecule has 0 aromatic rings. The highest BCUT2D eigenvalue weighted by atomic mass is 16.5. The molecule has 0 radical (unpaired) electrons. The van der Waals surface area contributed by atoms with Gasteiger partial charge in [-0.2, -0.15) is 0 Å². The molecule has 1 aliphatic heterocycles. The second-order valence-corrected chi connectivity index (χ2v) is 4.46. The lowest BCUT2D eigenvalue weighted by Crippen LogP contribution is -2.41. The molecule has 0 aromatic heterocycles. The van der Waals surface area contributed by atoms with Crippen molar-refractivity contribution in [1.29, 1.82) is 0 Å². The van der Waals surface area contributed by atoms with Gasteiger partial charge in [0, 0.05) is 19.1 Å². The van der Waals surface area contributed by atoms with Crippen LogP contribution in [-0.4, -0.2) is 43.3 Å². The van der Waals surface area contributed by atoms with Gasteiger partial charge in [0.15, 0.2) is 0 Å². The molecule has 1 rings (SSSR count). The first kappa shape index (κ1) is 12.0. The summed E-state index contributed by atoms with van der Waals surface area (Å²) >= 11 is 0. The molecule has 1 fully saturated rings. The highest BCUT2D eigenvalue weighted by Crippen LogP contribution is 2.07. The van der Waals surface area contributed by atoms with E-state index >= 15 is 0 Å². The highest BCUT2D eigenvalue weighted by molar-refractivity contribution is 4.67. The van der Waals surface area contributed by atoms with Crippen molar-refractivity contribution >= 4 is 0 Å². The molecule has 1 heterocycles. The predicted octanol–water partition coefficient (Wildman–Crippen LogP) is 1.22. The molecule has 2 N–H and O–H groups in total. The highest BCUT2D eigenvalue weighted by Gasteiger charge is 2.15. The molecule has 2 unspecified atom stereocenters. The average molecular weight is 200 g/mol. The lowest BCUT2D eigenvalue weighted by atomic mass is 10.1. The van der Waals surface area contributed by atoms with E-state index in [9.17, 15) is 0 Å². The first-order chi connectivity index (χ1) is 6.68. The van der Waals surface area contributed by atoms with E-state index in [4.69, 9.17) is 10.5 Å². The van der Waals surface area contributed by atoms with E-state index in [0.29, 0.717) is 12.1 Å². The maximum absolute atomic E-state index is 5.70. The number of nitrogens with two attached hydrogens (primary N) is 1. The zero-order valence-corrected chi connectivity index (χ0v) is 9.54. The maximum Gasteiger partial charge on any atom is 0.0674 e. The van der Waals surface area contributed by atoms with Gasteiger partial charge in [0.2, 0.25) is 0 Å². The van der Waals surface area contributed by atoms with Crippen LogP contribution in [0.1, 0.15) is 33.1 Å². The van der Waals surface area contributed by atoms with E-state index in [1.54, 1.807) is 0 Å². The van der Waals surface area contributed by atoms with Crippen molar-refractivity contribution in [2.75, 3.05) is 26.2 Å². The molecule has 1 saturated heterocycles. The van der Waals surface area contributed by atoms with Gasteiger partial charge in [0.25, 0.3) is 0 Å². The van der Waals surface area contributed by atoms with Crippen LogP contribution in [0.15, 0.2) is 0 Å². The number of nitrogens with zero attached hydrogens (tertiary/aromatic N) is 1. The Bertz CT molecular complexity index is 150. The van der Waals surface area contributed by atoms with Crippen molar-refractivity contribution < 1.29 is 4.74 Å². The van der Waals surface area contributed by atoms with Crippen LogP contribution in [0.5, 0.6) is 0 Å². The zero-order valence-electron chi connectivity index (χ0n) is 9.54. The van der Waals surface area contributed by atoms with E-state index in [1.807, 2.05) is 0 Å². The smallest absolute Gasteiger partial charge is 0.0674 e. The van der Waals surface area contributed by atoms with Gasteiger partial charge in [0.05, 0.1) is 12.7 Å². The SMILES string of the molecule is CC(N)CCCCN1CCOC(C)C1. The van der Waals surface area contributed by atoms with Crippen LogP contribution in [0.25, 0.3) is 0 Å². The Balaban J connectivity index is 2.00. The van der Waals surface area contributed by atoms with Crippen molar-refractivity contribution in [3.8, 4) is 0 Å². The Hall–Kier alpha value is -0.120. The summed E-state index contributed by atoms with van der Waals surface area (Å²) in [4.78, 5) is 2.50. The largest absolute Gasteiger partial charge is 0.376 e. The summed E-state index contributed by atoms with van der Waals surface area (Å²) in [6.45, 7) is 8.53. The van der Waals surface area contributed by atoms with Crippen molar-refractivity contribution in [3.63, 3.8) is 0 Å². The summed E-state index contributed by atoms with van der Waals surface area (Å²) in [6, 6.07) is 0.360. The molecule has 1 aliphatic rings. The van der Waals surface area contributed by atoms with Crippen molar-refractivity contribution in [2.45, 2.75) is 45.3 Å². The molecule has 0 aromatic carbocycles. The van der Waals surface area contributed by atoms with Crippen molar-refractivity contribution in [2.24, 2.45) is 5.73 Å². The Morgan fingerprint density at radius 3 is 2.93 bits per heavy atom. The Morgan fingerprint density at radius 2 is 2.29 bits per heavy atom. The van der Waals surface area contributed by atoms with E-state index in [2.05, 4.69) is 18.7 Å². The number of rotatable bonds is 5. The number of hydrogen-bond acceptors (Lipinski definition) is 3. The Kier molecular flexibility index (Phi) is 5.45. The van der Waals surface area contributed by atoms with E-state index in [-0.39, 0.29) is 0 Å². The van der Waals surface area contributed by atoms with Crippen LogP contribution in [0.4, 0.5) is 0 Å². The number of morpholine rings is 1. The second kappa shape index (κ2) is 6.38. The molecule has 14 heavy (non-hydrogen) atoms. The summed E-state index contributed by atoms with van der Waals surface area (Å²) in [6.07, 6.45) is 4.09. The predicted molar refractivity (Wildman–Crippen MR) is 59.4 cm³/mol. The number of ether oxygens (including phenoxy) is 1. The quantitative estimate of drug-likeness (QED) is 0.678. The normalized spacial score (nSPS) is 26.4. The third-order valence-corrected chi connectivity index (χ3v) is 2.71. The summed E-state index contributed by atoms with van der Waals surface area (Å²) in [5.41, 5.74) is 5.70. The Labute approximate surface area is 87.6 Å². The molecule has 0 aliphatic carbocycles. The van der Waals surface area contributed by atoms with E-state index in [0.717, 1.165) is 26.1 Å². The molecule has 2 atom stereocenters. The fourth-order valence-corrected chi connectivity index (χ4v) is 1.90. The minimum absolute atomic E-state index is 0.360. The van der Waals surface area contributed by atoms with Gasteiger partial charge >= 0.3 is 0 Å². The summed E-state index contributed by atoms with van der Waals surface area (Å²) in [5, 5.41) is 0. The monoisotopic (exact) mass is 200 g/mol. The van der Waals surface area contributed by atoms with Crippen LogP contribution in [0.2, 0.25) is 0 Å². The van der Waals surface area contributed by atoms with Gasteiger partial charge in [-0.15, -0.1) is 0 Å². The lowest BCUT2D eigenvalue weighted by molar-refractivity contribution is -0.0186. The fourth-order valence-electron chi connectivity index (χ4n) is 1.90. The summed E-state index contributed by atoms with van der Waals surface area (Å²) in [7, 11) is 0. The second-order valence-electron chi connectivity index (χ2n) is 4.46. The minimum atomic E-state index is 0.360. The van der Waals surface area contributed by atoms with E-state index < -0.39 is 0 Å². The fraction of sp³-hybridized carbons (Fsp3) is 1.00. The molecule has 84 valence electrons. The average Bonchev–Trinajstić information content (AvgIpc) is 2.12. The van der Waals surface area contributed by atoms with Gasteiger partial charge in [-0.3, -0.25) is 4.90 Å². The Morgan fingerprint density at radius 1 is 1.50 bits per heavy atom. The van der Waals surface area contributed by atoms with Gasteiger partial charge in [0.1, 0.15) is 0 Å². The number of hydrogen-bond donors (Lipinski definition) is 1. The molecule has 3 nitrogen and oxygen atoms in total. The lowest BCUT2D eigenvalue weighted by Gasteiger charge is -2.31. The van der Waals surface area contributed by atoms with Crippen LogP contribution >= 0.6 is 0 Å². The third-order valence-electron chi connectivity index (χ3n) is 2.71. The summed E-state index contributed by atoms with van der Waals surface area (Å²) in [5.74, 6) is 0. The molecular weight excluding hydrogens is 176 g/mol. The first-order valence-corrected chi connectivity index (χ1v) is 5.78. The molecular formula is C11H24N2O. The first-order valence-electron chi connectivity index (χ1n) is 5.78. The van der Waals surface area contributed by atoms with Crippen LogP contribution in [-0.2, 0) is 4.74 Å². The van der Waals surface area contributed by atoms with E-state index in [1.165, 1.54) is 19.4 Å². The van der Waals surface area contributed by atoms with Crippen LogP contribution in [0.3, 0.4) is 0 Å². The minimum Gasteiger partial charge on any atom is -0.376 e. The molecule has 0 amide bonds. The zero-order chi connectivity index (χ0) is 10.4. The summed E-state index contributed by atoms with van der Waals surface area (Å²) < 4.78 is 5.49. The van der Waals surface area contributed by atoms with Crippen LogP contribution in [0, 0.1) is 0 Å². The standard InChI is InChI=1S/C11H24N2O/c1-10(12)5-3-4-6-13-7-8-14-11(2)9-13/h10-11H,3-9,12H2,1-2H3. The molecule has 0 saturated carbocycles. The number of unbranched alkanes of at least 4 members (excludes halogenated alkanes) is 1. The van der Waals surface area contributed by atoms with Gasteiger partial charge in [-0.25, -0.2) is 0 Å². The molecule has 3 heteroatoms. The van der Waals surface area contributed by atoms with Gasteiger partial charge < -0.3 is 10.5 Å². The molecule has 0 spiro atoms. The molecule has 0 bridgehead atoms. The third kappa shape index (κ3) is 4.94. The topological polar surface area (TPSA) is 38.5 Å².